The summed E-state index contributed by atoms with van der Waals surface area (Å²) in [6.45, 7) is 11.6. The van der Waals surface area contributed by atoms with Gasteiger partial charge in [-0.2, -0.15) is 0 Å². The maximum absolute atomic E-state index is 12.6. The van der Waals surface area contributed by atoms with Gasteiger partial charge in [0.05, 0.1) is 5.92 Å². The third kappa shape index (κ3) is 5.69. The number of hydrogen-bond donors (Lipinski definition) is 1. The van der Waals surface area contributed by atoms with E-state index in [4.69, 9.17) is 0 Å². The Morgan fingerprint density at radius 1 is 0.893 bits per heavy atom. The molecule has 0 aliphatic carbocycles. The second kappa shape index (κ2) is 10.1. The maximum Gasteiger partial charge on any atom is 0.253 e. The number of carbonyl (C=O) groups excluding carboxylic acids is 2. The molecule has 0 spiro atoms. The van der Waals surface area contributed by atoms with E-state index in [1.54, 1.807) is 29.2 Å². The van der Waals surface area contributed by atoms with Gasteiger partial charge >= 0.3 is 0 Å². The van der Waals surface area contributed by atoms with Gasteiger partial charge in [0.15, 0.2) is 0 Å². The number of nitrogens with one attached hydrogen (secondary N) is 1. The average Bonchev–Trinajstić information content (AvgIpc) is 2.69. The molecule has 0 aromatic heterocycles. The van der Waals surface area contributed by atoms with Gasteiger partial charge in [-0.05, 0) is 68.5 Å². The highest BCUT2D eigenvalue weighted by atomic mass is 16.2. The van der Waals surface area contributed by atoms with Crippen molar-refractivity contribution in [1.29, 1.82) is 0 Å². The first-order valence-electron chi connectivity index (χ1n) is 10.1. The smallest absolute Gasteiger partial charge is 0.253 e. The molecule has 150 valence electrons. The van der Waals surface area contributed by atoms with Crippen molar-refractivity contribution in [2.75, 3.05) is 18.4 Å². The average molecular weight is 381 g/mol. The van der Waals surface area contributed by atoms with Crippen LogP contribution in [0.15, 0.2) is 48.5 Å². The number of benzene rings is 2. The third-order valence-corrected chi connectivity index (χ3v) is 4.97. The van der Waals surface area contributed by atoms with Gasteiger partial charge < -0.3 is 10.2 Å². The first-order valence-corrected chi connectivity index (χ1v) is 10.1. The summed E-state index contributed by atoms with van der Waals surface area (Å²) in [4.78, 5) is 26.8. The summed E-state index contributed by atoms with van der Waals surface area (Å²) >= 11 is 0. The maximum atomic E-state index is 12.6. The van der Waals surface area contributed by atoms with E-state index in [9.17, 15) is 9.59 Å². The Morgan fingerprint density at radius 2 is 1.46 bits per heavy atom. The van der Waals surface area contributed by atoms with Crippen LogP contribution in [0.2, 0.25) is 0 Å². The minimum absolute atomic E-state index is 0.0118. The lowest BCUT2D eigenvalue weighted by atomic mass is 9.96. The lowest BCUT2D eigenvalue weighted by Gasteiger charge is -2.19. The van der Waals surface area contributed by atoms with Gasteiger partial charge in [0, 0.05) is 24.3 Å². The summed E-state index contributed by atoms with van der Waals surface area (Å²) in [6, 6.07) is 15.4. The van der Waals surface area contributed by atoms with Crippen LogP contribution in [0.5, 0.6) is 0 Å². The van der Waals surface area contributed by atoms with Crippen molar-refractivity contribution in [2.24, 2.45) is 5.92 Å². The molecule has 0 radical (unpaired) electrons. The van der Waals surface area contributed by atoms with Gasteiger partial charge in [-0.25, -0.2) is 0 Å². The largest absolute Gasteiger partial charge is 0.339 e. The molecule has 2 aromatic rings. The van der Waals surface area contributed by atoms with E-state index in [2.05, 4.69) is 31.3 Å². The van der Waals surface area contributed by atoms with E-state index < -0.39 is 0 Å². The molecule has 4 heteroatoms. The van der Waals surface area contributed by atoms with Crippen molar-refractivity contribution >= 4 is 17.5 Å². The SMILES string of the molecule is CCN(CC)C(=O)c1ccc(NC(=O)C(C)c2ccc(CC(C)C)cc2)cc1. The molecule has 0 saturated heterocycles. The molecule has 2 aromatic carbocycles. The lowest BCUT2D eigenvalue weighted by molar-refractivity contribution is -0.117. The van der Waals surface area contributed by atoms with Crippen LogP contribution in [0.4, 0.5) is 5.69 Å². The predicted molar refractivity (Wildman–Crippen MR) is 116 cm³/mol. The Kier molecular flexibility index (Phi) is 7.80. The molecule has 2 amide bonds. The standard InChI is InChI=1S/C24H32N2O2/c1-6-26(7-2)24(28)21-12-14-22(15-13-21)25-23(27)18(5)20-10-8-19(9-11-20)16-17(3)4/h8-15,17-18H,6-7,16H2,1-5H3,(H,25,27). The topological polar surface area (TPSA) is 49.4 Å². The van der Waals surface area contributed by atoms with Gasteiger partial charge in [-0.1, -0.05) is 38.1 Å². The summed E-state index contributed by atoms with van der Waals surface area (Å²) in [5.74, 6) is 0.324. The highest BCUT2D eigenvalue weighted by Gasteiger charge is 2.16. The Hall–Kier alpha value is -2.62. The monoisotopic (exact) mass is 380 g/mol. The summed E-state index contributed by atoms with van der Waals surface area (Å²) < 4.78 is 0. The van der Waals surface area contributed by atoms with Crippen molar-refractivity contribution in [2.45, 2.75) is 47.0 Å². The van der Waals surface area contributed by atoms with E-state index in [-0.39, 0.29) is 17.7 Å². The van der Waals surface area contributed by atoms with Crippen molar-refractivity contribution in [3.8, 4) is 0 Å². The fraction of sp³-hybridized carbons (Fsp3) is 0.417. The number of carbonyl (C=O) groups is 2. The van der Waals surface area contributed by atoms with E-state index in [0.29, 0.717) is 30.3 Å². The molecule has 0 heterocycles. The zero-order valence-electron chi connectivity index (χ0n) is 17.7. The highest BCUT2D eigenvalue weighted by Crippen LogP contribution is 2.20. The molecule has 0 fully saturated rings. The number of rotatable bonds is 8. The molecule has 1 unspecified atom stereocenters. The molecule has 0 bridgehead atoms. The molecule has 1 atom stereocenters. The summed E-state index contributed by atoms with van der Waals surface area (Å²) in [7, 11) is 0. The van der Waals surface area contributed by atoms with Gasteiger partial charge in [-0.3, -0.25) is 9.59 Å². The zero-order chi connectivity index (χ0) is 20.7. The van der Waals surface area contributed by atoms with Crippen molar-refractivity contribution in [1.82, 2.24) is 4.90 Å². The normalized spacial score (nSPS) is 11.9. The Labute approximate surface area is 169 Å². The van der Waals surface area contributed by atoms with Crippen LogP contribution < -0.4 is 5.32 Å². The van der Waals surface area contributed by atoms with Crippen LogP contribution in [-0.4, -0.2) is 29.8 Å². The Balaban J connectivity index is 2.01. The molecule has 4 nitrogen and oxygen atoms in total. The highest BCUT2D eigenvalue weighted by molar-refractivity contribution is 5.97. The van der Waals surface area contributed by atoms with Crippen LogP contribution in [-0.2, 0) is 11.2 Å². The van der Waals surface area contributed by atoms with E-state index >= 15 is 0 Å². The van der Waals surface area contributed by atoms with E-state index in [0.717, 1.165) is 12.0 Å². The van der Waals surface area contributed by atoms with Crippen LogP contribution in [0.25, 0.3) is 0 Å². The molecular weight excluding hydrogens is 348 g/mol. The quantitative estimate of drug-likeness (QED) is 0.692. The molecule has 1 N–H and O–H groups in total. The lowest BCUT2D eigenvalue weighted by Crippen LogP contribution is -2.30. The van der Waals surface area contributed by atoms with Crippen LogP contribution in [0.3, 0.4) is 0 Å². The van der Waals surface area contributed by atoms with Crippen molar-refractivity contribution < 1.29 is 9.59 Å². The summed E-state index contributed by atoms with van der Waals surface area (Å²) in [6.07, 6.45) is 1.04. The molecule has 0 aliphatic rings. The third-order valence-electron chi connectivity index (χ3n) is 4.97. The minimum atomic E-state index is -0.245. The number of amides is 2. The molecular formula is C24H32N2O2. The molecule has 28 heavy (non-hydrogen) atoms. The Morgan fingerprint density at radius 3 is 1.96 bits per heavy atom. The second-order valence-electron chi connectivity index (χ2n) is 7.61. The van der Waals surface area contributed by atoms with Crippen LogP contribution in [0, 0.1) is 5.92 Å². The Bertz CT molecular complexity index is 775. The summed E-state index contributed by atoms with van der Waals surface area (Å²) in [5.41, 5.74) is 3.62. The van der Waals surface area contributed by atoms with Crippen LogP contribution in [0.1, 0.15) is 62.0 Å². The van der Waals surface area contributed by atoms with Crippen LogP contribution >= 0.6 is 0 Å². The predicted octanol–water partition coefficient (Wildman–Crippen LogP) is 5.11. The van der Waals surface area contributed by atoms with Gasteiger partial charge in [0.2, 0.25) is 5.91 Å². The van der Waals surface area contributed by atoms with Crippen molar-refractivity contribution in [3.63, 3.8) is 0 Å². The van der Waals surface area contributed by atoms with Gasteiger partial charge in [0.1, 0.15) is 0 Å². The zero-order valence-corrected chi connectivity index (χ0v) is 17.7. The minimum Gasteiger partial charge on any atom is -0.339 e. The molecule has 0 aliphatic heterocycles. The first kappa shape index (κ1) is 21.7. The number of nitrogens with zero attached hydrogens (tertiary/aromatic N) is 1. The fourth-order valence-electron chi connectivity index (χ4n) is 3.21. The number of hydrogen-bond acceptors (Lipinski definition) is 2. The fourth-order valence-corrected chi connectivity index (χ4v) is 3.21. The van der Waals surface area contributed by atoms with E-state index in [1.165, 1.54) is 5.56 Å². The van der Waals surface area contributed by atoms with E-state index in [1.807, 2.05) is 32.9 Å². The second-order valence-corrected chi connectivity index (χ2v) is 7.61. The number of anilines is 1. The van der Waals surface area contributed by atoms with Crippen molar-refractivity contribution in [3.05, 3.63) is 65.2 Å². The molecule has 0 saturated carbocycles. The van der Waals surface area contributed by atoms with Gasteiger partial charge in [-0.15, -0.1) is 0 Å². The first-order chi connectivity index (χ1) is 13.3. The molecule has 2 rings (SSSR count). The van der Waals surface area contributed by atoms with Gasteiger partial charge in [0.25, 0.3) is 5.91 Å². The summed E-state index contributed by atoms with van der Waals surface area (Å²) in [5, 5.41) is 2.95.